The molecule has 0 aliphatic heterocycles. The lowest BCUT2D eigenvalue weighted by Gasteiger charge is -2.05. The summed E-state index contributed by atoms with van der Waals surface area (Å²) >= 11 is 0. The van der Waals surface area contributed by atoms with Crippen LogP contribution in [-0.4, -0.2) is 19.1 Å². The van der Waals surface area contributed by atoms with Crippen molar-refractivity contribution in [2.75, 3.05) is 14.1 Å². The summed E-state index contributed by atoms with van der Waals surface area (Å²) in [6.45, 7) is 0. The molecule has 1 aliphatic carbocycles. The predicted octanol–water partition coefficient (Wildman–Crippen LogP) is 3.26. The van der Waals surface area contributed by atoms with Crippen molar-refractivity contribution in [3.63, 3.8) is 0 Å². The Hall–Kier alpha value is -0.890. The van der Waals surface area contributed by atoms with Gasteiger partial charge in [0.25, 0.3) is 0 Å². The zero-order valence-electron chi connectivity index (χ0n) is 10.1. The lowest BCUT2D eigenvalue weighted by atomic mass is 10.0. The van der Waals surface area contributed by atoms with E-state index in [1.165, 1.54) is 38.5 Å². The Morgan fingerprint density at radius 3 is 1.20 bits per heavy atom. The van der Waals surface area contributed by atoms with Gasteiger partial charge in [0, 0.05) is 12.4 Å². The lowest BCUT2D eigenvalue weighted by molar-refractivity contribution is 0.504. The van der Waals surface area contributed by atoms with E-state index in [-0.39, 0.29) is 0 Å². The van der Waals surface area contributed by atoms with E-state index in [1.54, 1.807) is 12.4 Å². The summed E-state index contributed by atoms with van der Waals surface area (Å²) < 4.78 is 0. The molecule has 0 atom stereocenters. The zero-order chi connectivity index (χ0) is 11.2. The smallest absolute Gasteiger partial charge is 0.0267 e. The minimum Gasteiger partial charge on any atom is -0.323 e. The Kier molecular flexibility index (Phi) is 12.3. The summed E-state index contributed by atoms with van der Waals surface area (Å²) in [4.78, 5) is 3.78. The van der Waals surface area contributed by atoms with Crippen LogP contribution in [0.25, 0.3) is 0 Å². The molecule has 15 heavy (non-hydrogen) atoms. The second kappa shape index (κ2) is 13.1. The molecule has 0 spiro atoms. The quantitative estimate of drug-likeness (QED) is 0.708. The normalized spacial score (nSPS) is 14.0. The Morgan fingerprint density at radius 2 is 1.07 bits per heavy atom. The van der Waals surface area contributed by atoms with Gasteiger partial charge in [-0.15, -0.1) is 0 Å². The van der Waals surface area contributed by atoms with Crippen molar-refractivity contribution in [3.8, 4) is 0 Å². The van der Waals surface area contributed by atoms with Gasteiger partial charge in [-0.3, -0.25) is 4.98 Å². The van der Waals surface area contributed by atoms with Crippen LogP contribution in [0.3, 0.4) is 0 Å². The molecule has 2 heteroatoms. The van der Waals surface area contributed by atoms with Crippen LogP contribution < -0.4 is 5.32 Å². The van der Waals surface area contributed by atoms with Gasteiger partial charge in [0.15, 0.2) is 0 Å². The fraction of sp³-hybridized carbons (Fsp3) is 0.615. The maximum absolute atomic E-state index is 3.78. The number of aromatic nitrogens is 1. The summed E-state index contributed by atoms with van der Waals surface area (Å²) in [5, 5.41) is 2.75. The average molecular weight is 208 g/mol. The molecule has 86 valence electrons. The van der Waals surface area contributed by atoms with Crippen LogP contribution in [0.5, 0.6) is 0 Å². The van der Waals surface area contributed by atoms with Crippen LogP contribution in [0.4, 0.5) is 0 Å². The van der Waals surface area contributed by atoms with Gasteiger partial charge in [-0.25, -0.2) is 0 Å². The van der Waals surface area contributed by atoms with Crippen molar-refractivity contribution < 1.29 is 0 Å². The summed E-state index contributed by atoms with van der Waals surface area (Å²) in [5.74, 6) is 0. The second-order valence-electron chi connectivity index (χ2n) is 3.65. The van der Waals surface area contributed by atoms with Gasteiger partial charge >= 0.3 is 0 Å². The first kappa shape index (κ1) is 14.1. The van der Waals surface area contributed by atoms with Crippen LogP contribution in [0, 0.1) is 0 Å². The van der Waals surface area contributed by atoms with Crippen LogP contribution in [0.2, 0.25) is 0 Å². The molecule has 0 bridgehead atoms. The number of rotatable bonds is 0. The molecule has 1 saturated carbocycles. The van der Waals surface area contributed by atoms with Crippen molar-refractivity contribution in [1.82, 2.24) is 10.3 Å². The summed E-state index contributed by atoms with van der Waals surface area (Å²) in [5.41, 5.74) is 0. The second-order valence-corrected chi connectivity index (χ2v) is 3.65. The third-order valence-corrected chi connectivity index (χ3v) is 2.07. The monoisotopic (exact) mass is 208 g/mol. The van der Waals surface area contributed by atoms with E-state index < -0.39 is 0 Å². The standard InChI is InChI=1S/C6H12.C5H5N.C2H7N/c2*1-2-4-6-5-3-1;1-3-2/h1-6H2;1-5H;3H,1-2H3. The highest BCUT2D eigenvalue weighted by molar-refractivity contribution is 4.88. The molecular weight excluding hydrogens is 184 g/mol. The van der Waals surface area contributed by atoms with Crippen molar-refractivity contribution in [2.24, 2.45) is 0 Å². The number of pyridine rings is 1. The molecule has 0 saturated heterocycles. The minimum atomic E-state index is 1.50. The average Bonchev–Trinajstić information content (AvgIpc) is 2.35. The topological polar surface area (TPSA) is 24.9 Å². The molecule has 2 rings (SSSR count). The lowest BCUT2D eigenvalue weighted by Crippen LogP contribution is -1.89. The van der Waals surface area contributed by atoms with Crippen molar-refractivity contribution in [1.29, 1.82) is 0 Å². The number of hydrogen-bond donors (Lipinski definition) is 1. The first-order valence-corrected chi connectivity index (χ1v) is 5.85. The number of nitrogens with one attached hydrogen (secondary N) is 1. The van der Waals surface area contributed by atoms with Gasteiger partial charge in [-0.2, -0.15) is 0 Å². The highest BCUT2D eigenvalue weighted by Gasteiger charge is 1.95. The van der Waals surface area contributed by atoms with Crippen LogP contribution in [0.15, 0.2) is 30.6 Å². The van der Waals surface area contributed by atoms with Crippen LogP contribution in [0.1, 0.15) is 38.5 Å². The Labute approximate surface area is 94.1 Å². The van der Waals surface area contributed by atoms with Gasteiger partial charge in [0.05, 0.1) is 0 Å². The number of nitrogens with zero attached hydrogens (tertiary/aromatic N) is 1. The molecule has 0 unspecified atom stereocenters. The molecule has 1 N–H and O–H groups in total. The van der Waals surface area contributed by atoms with Gasteiger partial charge in [0.1, 0.15) is 0 Å². The summed E-state index contributed by atoms with van der Waals surface area (Å²) in [6, 6.07) is 5.72. The third-order valence-electron chi connectivity index (χ3n) is 2.07. The molecule has 0 amide bonds. The Bertz CT molecular complexity index is 145. The SMILES string of the molecule is C1CCCCC1.CNC.c1ccncc1. The van der Waals surface area contributed by atoms with E-state index in [0.29, 0.717) is 0 Å². The number of hydrogen-bond acceptors (Lipinski definition) is 2. The molecule has 2 nitrogen and oxygen atoms in total. The fourth-order valence-electron chi connectivity index (χ4n) is 1.37. The van der Waals surface area contributed by atoms with Gasteiger partial charge < -0.3 is 5.32 Å². The van der Waals surface area contributed by atoms with Crippen molar-refractivity contribution >= 4 is 0 Å². The van der Waals surface area contributed by atoms with E-state index in [4.69, 9.17) is 0 Å². The van der Waals surface area contributed by atoms with Crippen LogP contribution >= 0.6 is 0 Å². The molecule has 1 heterocycles. The molecule has 1 aromatic rings. The zero-order valence-corrected chi connectivity index (χ0v) is 10.1. The van der Waals surface area contributed by atoms with Crippen molar-refractivity contribution in [3.05, 3.63) is 30.6 Å². The van der Waals surface area contributed by atoms with Gasteiger partial charge in [0.2, 0.25) is 0 Å². The largest absolute Gasteiger partial charge is 0.323 e. The summed E-state index contributed by atoms with van der Waals surface area (Å²) in [6.07, 6.45) is 12.5. The molecule has 1 fully saturated rings. The van der Waals surface area contributed by atoms with Gasteiger partial charge in [-0.1, -0.05) is 44.6 Å². The third kappa shape index (κ3) is 13.1. The molecule has 0 radical (unpaired) electrons. The Balaban J connectivity index is 0.000000210. The maximum atomic E-state index is 3.78. The first-order chi connectivity index (χ1) is 7.41. The minimum absolute atomic E-state index is 1.50. The molecule has 1 aromatic heterocycles. The molecule has 0 aromatic carbocycles. The fourth-order valence-corrected chi connectivity index (χ4v) is 1.37. The summed E-state index contributed by atoms with van der Waals surface area (Å²) in [7, 11) is 3.75. The molecular formula is C13H24N2. The van der Waals surface area contributed by atoms with E-state index >= 15 is 0 Å². The van der Waals surface area contributed by atoms with Gasteiger partial charge in [-0.05, 0) is 26.2 Å². The first-order valence-electron chi connectivity index (χ1n) is 5.85. The highest BCUT2D eigenvalue weighted by Crippen LogP contribution is 2.15. The predicted molar refractivity (Wildman–Crippen MR) is 66.9 cm³/mol. The van der Waals surface area contributed by atoms with Crippen LogP contribution in [-0.2, 0) is 0 Å². The van der Waals surface area contributed by atoms with E-state index in [0.717, 1.165) is 0 Å². The Morgan fingerprint density at radius 1 is 0.733 bits per heavy atom. The van der Waals surface area contributed by atoms with E-state index in [9.17, 15) is 0 Å². The van der Waals surface area contributed by atoms with E-state index in [2.05, 4.69) is 10.3 Å². The van der Waals surface area contributed by atoms with E-state index in [1.807, 2.05) is 32.3 Å². The maximum Gasteiger partial charge on any atom is 0.0267 e. The highest BCUT2D eigenvalue weighted by atomic mass is 14.7. The molecule has 1 aliphatic rings. The van der Waals surface area contributed by atoms with Crippen molar-refractivity contribution in [2.45, 2.75) is 38.5 Å².